The van der Waals surface area contributed by atoms with Crippen molar-refractivity contribution in [2.24, 2.45) is 0 Å². The van der Waals surface area contributed by atoms with Crippen LogP contribution in [0.5, 0.6) is 0 Å². The van der Waals surface area contributed by atoms with Crippen LogP contribution in [-0.4, -0.2) is 17.7 Å². The second kappa shape index (κ2) is 1.85. The summed E-state index contributed by atoms with van der Waals surface area (Å²) in [6.07, 6.45) is 0. The number of hydrogen-bond donors (Lipinski definition) is 1. The molecule has 1 fully saturated rings. The van der Waals surface area contributed by atoms with E-state index in [1.54, 1.807) is 0 Å². The molecular weight excluding hydrogens is 94.1 g/mol. The van der Waals surface area contributed by atoms with E-state index in [2.05, 4.69) is 12.2 Å². The first-order valence-electron chi connectivity index (χ1n) is 2.22. The predicted octanol–water partition coefficient (Wildman–Crippen LogP) is 0.669. The fourth-order valence-corrected chi connectivity index (χ4v) is 1.28. The molecule has 0 spiro atoms. The van der Waals surface area contributed by atoms with Crippen molar-refractivity contribution in [1.29, 1.82) is 0 Å². The maximum atomic E-state index is 3.23. The van der Waals surface area contributed by atoms with Gasteiger partial charge in [-0.2, -0.15) is 0 Å². The molecule has 0 aromatic rings. The molecule has 1 aliphatic rings. The van der Waals surface area contributed by atoms with Gasteiger partial charge in [0.05, 0.1) is 0 Å². The van der Waals surface area contributed by atoms with E-state index in [0.29, 0.717) is 0 Å². The molecule has 1 rings (SSSR count). The number of hydrogen-bond acceptors (Lipinski definition) is 2. The smallest absolute Gasteiger partial charge is 0.0421 e. The first-order valence-corrected chi connectivity index (χ1v) is 3.27. The molecule has 2 heteroatoms. The molecule has 6 heavy (non-hydrogen) atoms. The van der Waals surface area contributed by atoms with Gasteiger partial charge in [0.25, 0.3) is 0 Å². The van der Waals surface area contributed by atoms with Crippen LogP contribution in [0.3, 0.4) is 0 Å². The van der Waals surface area contributed by atoms with Gasteiger partial charge in [0, 0.05) is 17.7 Å². The summed E-state index contributed by atoms with van der Waals surface area (Å²) in [4.78, 5) is 0. The SMILES string of the molecule is CC1CNCS1. The molecule has 1 saturated heterocycles. The Bertz CT molecular complexity index is 40.8. The Morgan fingerprint density at radius 1 is 1.83 bits per heavy atom. The second-order valence-corrected chi connectivity index (χ2v) is 3.00. The molecule has 0 radical (unpaired) electrons. The lowest BCUT2D eigenvalue weighted by molar-refractivity contribution is 0.813. The summed E-state index contributed by atoms with van der Waals surface area (Å²) in [6.45, 7) is 3.44. The number of thioether (sulfide) groups is 1. The van der Waals surface area contributed by atoms with Crippen molar-refractivity contribution < 1.29 is 0 Å². The summed E-state index contributed by atoms with van der Waals surface area (Å²) < 4.78 is 0. The lowest BCUT2D eigenvalue weighted by Crippen LogP contribution is -2.09. The summed E-state index contributed by atoms with van der Waals surface area (Å²) in [5, 5.41) is 4.09. The second-order valence-electron chi connectivity index (χ2n) is 1.58. The highest BCUT2D eigenvalue weighted by Gasteiger charge is 2.06. The van der Waals surface area contributed by atoms with Crippen LogP contribution in [0.1, 0.15) is 6.92 Å². The van der Waals surface area contributed by atoms with Crippen molar-refractivity contribution in [3.05, 3.63) is 0 Å². The molecule has 1 aliphatic heterocycles. The highest BCUT2D eigenvalue weighted by Crippen LogP contribution is 2.11. The first-order chi connectivity index (χ1) is 2.89. The summed E-state index contributed by atoms with van der Waals surface area (Å²) >= 11 is 1.99. The summed E-state index contributed by atoms with van der Waals surface area (Å²) in [6, 6.07) is 0. The Balaban J connectivity index is 2.18. The van der Waals surface area contributed by atoms with E-state index in [-0.39, 0.29) is 0 Å². The fourth-order valence-electron chi connectivity index (χ4n) is 0.522. The van der Waals surface area contributed by atoms with Crippen molar-refractivity contribution in [3.8, 4) is 0 Å². The Kier molecular flexibility index (Phi) is 1.37. The molecule has 0 bridgehead atoms. The van der Waals surface area contributed by atoms with Crippen LogP contribution >= 0.6 is 11.8 Å². The molecule has 1 unspecified atom stereocenters. The van der Waals surface area contributed by atoms with E-state index < -0.39 is 0 Å². The molecule has 1 atom stereocenters. The minimum absolute atomic E-state index is 0.852. The van der Waals surface area contributed by atoms with Gasteiger partial charge in [-0.25, -0.2) is 0 Å². The van der Waals surface area contributed by atoms with Crippen molar-refractivity contribution in [1.82, 2.24) is 5.32 Å². The lowest BCUT2D eigenvalue weighted by Gasteiger charge is -1.89. The van der Waals surface area contributed by atoms with Crippen LogP contribution < -0.4 is 5.32 Å². The molecule has 0 aromatic heterocycles. The minimum atomic E-state index is 0.852. The standard InChI is InChI=1S/C4H9NS/c1-4-2-5-3-6-4/h4-5H,2-3H2,1H3. The third-order valence-electron chi connectivity index (χ3n) is 0.902. The van der Waals surface area contributed by atoms with Crippen LogP contribution in [0, 0.1) is 0 Å². The highest BCUT2D eigenvalue weighted by atomic mass is 32.2. The van der Waals surface area contributed by atoms with E-state index in [0.717, 1.165) is 11.1 Å². The molecule has 0 saturated carbocycles. The Morgan fingerprint density at radius 2 is 2.67 bits per heavy atom. The molecule has 0 amide bonds. The van der Waals surface area contributed by atoms with Crippen LogP contribution in [0.25, 0.3) is 0 Å². The molecule has 1 N–H and O–H groups in total. The molecule has 36 valence electrons. The third-order valence-corrected chi connectivity index (χ3v) is 2.01. The van der Waals surface area contributed by atoms with Gasteiger partial charge in [-0.05, 0) is 0 Å². The van der Waals surface area contributed by atoms with E-state index >= 15 is 0 Å². The van der Waals surface area contributed by atoms with Gasteiger partial charge in [-0.15, -0.1) is 11.8 Å². The van der Waals surface area contributed by atoms with Crippen LogP contribution in [0.2, 0.25) is 0 Å². The third kappa shape index (κ3) is 0.884. The molecular formula is C4H9NS. The normalized spacial score (nSPS) is 34.5. The maximum Gasteiger partial charge on any atom is 0.0421 e. The zero-order chi connectivity index (χ0) is 4.41. The average Bonchev–Trinajstić information content (AvgIpc) is 1.86. The van der Waals surface area contributed by atoms with Gasteiger partial charge >= 0.3 is 0 Å². The lowest BCUT2D eigenvalue weighted by atomic mass is 10.5. The summed E-state index contributed by atoms with van der Waals surface area (Å²) in [7, 11) is 0. The predicted molar refractivity (Wildman–Crippen MR) is 29.9 cm³/mol. The van der Waals surface area contributed by atoms with Gasteiger partial charge in [0.15, 0.2) is 0 Å². The van der Waals surface area contributed by atoms with Crippen molar-refractivity contribution >= 4 is 11.8 Å². The topological polar surface area (TPSA) is 12.0 Å². The fraction of sp³-hybridized carbons (Fsp3) is 1.00. The van der Waals surface area contributed by atoms with Gasteiger partial charge < -0.3 is 5.32 Å². The van der Waals surface area contributed by atoms with Crippen LogP contribution in [-0.2, 0) is 0 Å². The monoisotopic (exact) mass is 103 g/mol. The number of nitrogens with one attached hydrogen (secondary N) is 1. The van der Waals surface area contributed by atoms with E-state index in [1.807, 2.05) is 11.8 Å². The van der Waals surface area contributed by atoms with Crippen LogP contribution in [0.15, 0.2) is 0 Å². The summed E-state index contributed by atoms with van der Waals surface area (Å²) in [5.74, 6) is 1.15. The molecule has 1 nitrogen and oxygen atoms in total. The van der Waals surface area contributed by atoms with E-state index in [9.17, 15) is 0 Å². The summed E-state index contributed by atoms with van der Waals surface area (Å²) in [5.41, 5.74) is 0. The molecule has 1 heterocycles. The van der Waals surface area contributed by atoms with Gasteiger partial charge in [0.2, 0.25) is 0 Å². The van der Waals surface area contributed by atoms with Gasteiger partial charge in [-0.1, -0.05) is 6.92 Å². The maximum absolute atomic E-state index is 3.23. The van der Waals surface area contributed by atoms with Gasteiger partial charge in [0.1, 0.15) is 0 Å². The molecule has 0 aromatic carbocycles. The van der Waals surface area contributed by atoms with Crippen molar-refractivity contribution in [3.63, 3.8) is 0 Å². The Morgan fingerprint density at radius 3 is 2.83 bits per heavy atom. The minimum Gasteiger partial charge on any atom is -0.307 e. The Hall–Kier alpha value is 0.310. The van der Waals surface area contributed by atoms with E-state index in [1.165, 1.54) is 6.54 Å². The highest BCUT2D eigenvalue weighted by molar-refractivity contribution is 8.00. The van der Waals surface area contributed by atoms with Crippen molar-refractivity contribution in [2.45, 2.75) is 12.2 Å². The first kappa shape index (κ1) is 4.47. The van der Waals surface area contributed by atoms with Crippen molar-refractivity contribution in [2.75, 3.05) is 12.4 Å². The Labute approximate surface area is 42.5 Å². The quantitative estimate of drug-likeness (QED) is 0.483. The van der Waals surface area contributed by atoms with Crippen LogP contribution in [0.4, 0.5) is 0 Å². The zero-order valence-electron chi connectivity index (χ0n) is 3.90. The van der Waals surface area contributed by atoms with Gasteiger partial charge in [-0.3, -0.25) is 0 Å². The largest absolute Gasteiger partial charge is 0.307 e. The molecule has 0 aliphatic carbocycles. The zero-order valence-corrected chi connectivity index (χ0v) is 4.72. The van der Waals surface area contributed by atoms with E-state index in [4.69, 9.17) is 0 Å². The average molecular weight is 103 g/mol. The number of rotatable bonds is 0.